The number of aromatic nitrogens is 1. The van der Waals surface area contributed by atoms with Crippen molar-refractivity contribution < 1.29 is 4.39 Å². The first-order chi connectivity index (χ1) is 8.15. The van der Waals surface area contributed by atoms with E-state index in [-0.39, 0.29) is 5.82 Å². The Bertz CT molecular complexity index is 513. The molecule has 0 aliphatic heterocycles. The van der Waals surface area contributed by atoms with Crippen molar-refractivity contribution in [2.75, 3.05) is 0 Å². The van der Waals surface area contributed by atoms with Crippen molar-refractivity contribution >= 4 is 22.9 Å². The molecule has 1 aromatic heterocycles. The van der Waals surface area contributed by atoms with E-state index in [0.717, 1.165) is 17.0 Å². The molecule has 0 unspecified atom stereocenters. The molecule has 17 heavy (non-hydrogen) atoms. The summed E-state index contributed by atoms with van der Waals surface area (Å²) in [7, 11) is 0. The summed E-state index contributed by atoms with van der Waals surface area (Å²) in [6.07, 6.45) is 1.76. The summed E-state index contributed by atoms with van der Waals surface area (Å²) in [4.78, 5) is 5.05. The minimum Gasteiger partial charge on any atom is -0.308 e. The van der Waals surface area contributed by atoms with Crippen molar-refractivity contribution in [1.82, 2.24) is 10.3 Å². The lowest BCUT2D eigenvalue weighted by atomic mass is 10.1. The molecule has 0 saturated carbocycles. The van der Waals surface area contributed by atoms with Crippen LogP contribution in [0.1, 0.15) is 16.0 Å². The Balaban J connectivity index is 1.87. The third-order valence-electron chi connectivity index (χ3n) is 2.38. The Labute approximate surface area is 108 Å². The van der Waals surface area contributed by atoms with E-state index in [1.165, 1.54) is 17.4 Å². The van der Waals surface area contributed by atoms with Crippen LogP contribution in [0.5, 0.6) is 0 Å². The summed E-state index contributed by atoms with van der Waals surface area (Å²) in [6.45, 7) is 3.19. The molecule has 0 spiro atoms. The molecule has 5 heteroatoms. The van der Waals surface area contributed by atoms with Gasteiger partial charge in [-0.25, -0.2) is 9.37 Å². The quantitative estimate of drug-likeness (QED) is 0.919. The molecular formula is C12H12ClFN2S. The third-order valence-corrected chi connectivity index (χ3v) is 3.49. The normalized spacial score (nSPS) is 10.8. The lowest BCUT2D eigenvalue weighted by Crippen LogP contribution is -2.11. The number of hydrogen-bond acceptors (Lipinski definition) is 3. The van der Waals surface area contributed by atoms with E-state index in [9.17, 15) is 4.39 Å². The van der Waals surface area contributed by atoms with Gasteiger partial charge in [-0.1, -0.05) is 23.7 Å². The lowest BCUT2D eigenvalue weighted by Gasteiger charge is -2.04. The molecule has 2 aromatic rings. The van der Waals surface area contributed by atoms with Crippen LogP contribution in [0.3, 0.4) is 0 Å². The second kappa shape index (κ2) is 5.58. The zero-order valence-corrected chi connectivity index (χ0v) is 10.9. The molecule has 0 amide bonds. The number of nitrogens with zero attached hydrogens (tertiary/aromatic N) is 1. The van der Waals surface area contributed by atoms with Crippen LogP contribution in [0.4, 0.5) is 4.39 Å². The van der Waals surface area contributed by atoms with Gasteiger partial charge in [0.15, 0.2) is 4.47 Å². The molecule has 0 radical (unpaired) electrons. The predicted molar refractivity (Wildman–Crippen MR) is 68.8 cm³/mol. The first-order valence-corrected chi connectivity index (χ1v) is 6.40. The van der Waals surface area contributed by atoms with E-state index >= 15 is 0 Å². The molecule has 0 fully saturated rings. The molecule has 0 saturated heterocycles. The van der Waals surface area contributed by atoms with Gasteiger partial charge in [0.25, 0.3) is 0 Å². The smallest absolute Gasteiger partial charge is 0.183 e. The summed E-state index contributed by atoms with van der Waals surface area (Å²) in [5.74, 6) is -0.164. The third kappa shape index (κ3) is 3.49. The molecule has 0 aliphatic rings. The van der Waals surface area contributed by atoms with Gasteiger partial charge in [0.05, 0.1) is 0 Å². The van der Waals surface area contributed by atoms with E-state index < -0.39 is 0 Å². The minimum absolute atomic E-state index is 0.164. The van der Waals surface area contributed by atoms with Gasteiger partial charge in [-0.2, -0.15) is 0 Å². The molecule has 1 aromatic carbocycles. The fraction of sp³-hybridized carbons (Fsp3) is 0.250. The van der Waals surface area contributed by atoms with Gasteiger partial charge in [0, 0.05) is 24.2 Å². The van der Waals surface area contributed by atoms with Crippen LogP contribution < -0.4 is 5.32 Å². The Morgan fingerprint density at radius 2 is 2.24 bits per heavy atom. The maximum Gasteiger partial charge on any atom is 0.183 e. The van der Waals surface area contributed by atoms with Gasteiger partial charge in [0.1, 0.15) is 5.82 Å². The summed E-state index contributed by atoms with van der Waals surface area (Å²) >= 11 is 7.19. The first kappa shape index (κ1) is 12.5. The van der Waals surface area contributed by atoms with Crippen LogP contribution in [-0.4, -0.2) is 4.98 Å². The summed E-state index contributed by atoms with van der Waals surface area (Å²) < 4.78 is 13.6. The number of hydrogen-bond donors (Lipinski definition) is 1. The monoisotopic (exact) mass is 270 g/mol. The van der Waals surface area contributed by atoms with Gasteiger partial charge in [0.2, 0.25) is 0 Å². The Morgan fingerprint density at radius 1 is 1.41 bits per heavy atom. The molecule has 2 nitrogen and oxygen atoms in total. The molecule has 0 bridgehead atoms. The van der Waals surface area contributed by atoms with Crippen molar-refractivity contribution in [3.63, 3.8) is 0 Å². The Kier molecular flexibility index (Phi) is 4.10. The Morgan fingerprint density at radius 3 is 2.88 bits per heavy atom. The fourth-order valence-electron chi connectivity index (χ4n) is 1.51. The predicted octanol–water partition coefficient (Wildman–Crippen LogP) is 3.53. The topological polar surface area (TPSA) is 24.9 Å². The second-order valence-corrected chi connectivity index (χ2v) is 5.46. The number of aryl methyl sites for hydroxylation is 1. The van der Waals surface area contributed by atoms with Crippen LogP contribution in [0.2, 0.25) is 4.47 Å². The Hall–Kier alpha value is -0.970. The van der Waals surface area contributed by atoms with Crippen LogP contribution >= 0.6 is 22.9 Å². The molecule has 0 aliphatic carbocycles. The van der Waals surface area contributed by atoms with Crippen LogP contribution in [0, 0.1) is 12.7 Å². The first-order valence-electron chi connectivity index (χ1n) is 5.21. The molecule has 2 rings (SSSR count). The highest BCUT2D eigenvalue weighted by atomic mass is 35.5. The molecule has 90 valence electrons. The highest BCUT2D eigenvalue weighted by Gasteiger charge is 2.01. The second-order valence-electron chi connectivity index (χ2n) is 3.77. The van der Waals surface area contributed by atoms with E-state index in [1.807, 2.05) is 6.07 Å². The average Bonchev–Trinajstić information content (AvgIpc) is 2.70. The van der Waals surface area contributed by atoms with Gasteiger partial charge in [-0.05, 0) is 24.1 Å². The number of rotatable bonds is 4. The van der Waals surface area contributed by atoms with Crippen molar-refractivity contribution in [2.24, 2.45) is 0 Å². The SMILES string of the molecule is Cc1cc(CNCc2cnc(Cl)s2)ccc1F. The average molecular weight is 271 g/mol. The van der Waals surface area contributed by atoms with Gasteiger partial charge in [-0.3, -0.25) is 0 Å². The van der Waals surface area contributed by atoms with Gasteiger partial charge in [-0.15, -0.1) is 11.3 Å². The van der Waals surface area contributed by atoms with E-state index in [1.54, 1.807) is 19.2 Å². The van der Waals surface area contributed by atoms with E-state index in [2.05, 4.69) is 10.3 Å². The number of thiazole rings is 1. The largest absolute Gasteiger partial charge is 0.308 e. The van der Waals surface area contributed by atoms with Gasteiger partial charge < -0.3 is 5.32 Å². The van der Waals surface area contributed by atoms with Crippen LogP contribution in [-0.2, 0) is 13.1 Å². The number of halogens is 2. The van der Waals surface area contributed by atoms with Gasteiger partial charge >= 0.3 is 0 Å². The fourth-order valence-corrected chi connectivity index (χ4v) is 2.46. The van der Waals surface area contributed by atoms with E-state index in [4.69, 9.17) is 11.6 Å². The maximum atomic E-state index is 13.0. The van der Waals surface area contributed by atoms with Crippen molar-refractivity contribution in [2.45, 2.75) is 20.0 Å². The zero-order valence-electron chi connectivity index (χ0n) is 9.34. The van der Waals surface area contributed by atoms with E-state index in [0.29, 0.717) is 16.6 Å². The number of benzene rings is 1. The minimum atomic E-state index is -0.164. The van der Waals surface area contributed by atoms with Crippen molar-refractivity contribution in [3.8, 4) is 0 Å². The van der Waals surface area contributed by atoms with Crippen LogP contribution in [0.15, 0.2) is 24.4 Å². The number of nitrogens with one attached hydrogen (secondary N) is 1. The summed E-state index contributed by atoms with van der Waals surface area (Å²) in [5, 5.41) is 3.27. The van der Waals surface area contributed by atoms with Crippen LogP contribution in [0.25, 0.3) is 0 Å². The molecule has 1 heterocycles. The molecule has 1 N–H and O–H groups in total. The summed E-state index contributed by atoms with van der Waals surface area (Å²) in [5.41, 5.74) is 1.74. The maximum absolute atomic E-state index is 13.0. The molecular weight excluding hydrogens is 259 g/mol. The molecule has 0 atom stereocenters. The highest BCUT2D eigenvalue weighted by Crippen LogP contribution is 2.17. The summed E-state index contributed by atoms with van der Waals surface area (Å²) in [6, 6.07) is 5.13. The standard InChI is InChI=1S/C12H12ClFN2S/c1-8-4-9(2-3-11(8)14)5-15-6-10-7-16-12(13)17-10/h2-4,7,15H,5-6H2,1H3. The highest BCUT2D eigenvalue weighted by molar-refractivity contribution is 7.15. The van der Waals surface area contributed by atoms with Crippen molar-refractivity contribution in [3.05, 3.63) is 50.7 Å². The van der Waals surface area contributed by atoms with Crippen molar-refractivity contribution in [1.29, 1.82) is 0 Å². The lowest BCUT2D eigenvalue weighted by molar-refractivity contribution is 0.615. The zero-order chi connectivity index (χ0) is 12.3.